The Morgan fingerprint density at radius 2 is 1.70 bits per heavy atom. The van der Waals surface area contributed by atoms with Crippen molar-refractivity contribution in [3.8, 4) is 12.1 Å². The Balaban J connectivity index is 2.20. The number of benzene rings is 1. The fraction of sp³-hybridized carbons (Fsp3) is 0.222. The standard InChI is InChI=1S/C18H11Br3N2/c19-13-6-4-11(5-7-13)14-8-12-2-1-3-15(20)17(21)16(12)18(14,9-22)10-23/h1-8,15-17H. The maximum atomic E-state index is 9.93. The molecule has 1 aromatic rings. The third kappa shape index (κ3) is 2.66. The summed E-state index contributed by atoms with van der Waals surface area (Å²) in [6, 6.07) is 12.4. The highest BCUT2D eigenvalue weighted by Gasteiger charge is 2.53. The molecule has 0 spiro atoms. The van der Waals surface area contributed by atoms with Crippen molar-refractivity contribution in [3.63, 3.8) is 0 Å². The zero-order valence-electron chi connectivity index (χ0n) is 11.9. The van der Waals surface area contributed by atoms with Crippen molar-refractivity contribution in [1.82, 2.24) is 0 Å². The maximum absolute atomic E-state index is 9.93. The molecule has 3 unspecified atom stereocenters. The third-order valence-corrected chi connectivity index (χ3v) is 7.49. The second-order valence-electron chi connectivity index (χ2n) is 5.51. The molecule has 2 aliphatic carbocycles. The van der Waals surface area contributed by atoms with Gasteiger partial charge in [-0.1, -0.05) is 84.2 Å². The van der Waals surface area contributed by atoms with Gasteiger partial charge in [0.25, 0.3) is 0 Å². The highest BCUT2D eigenvalue weighted by Crippen LogP contribution is 2.55. The molecule has 5 heteroatoms. The van der Waals surface area contributed by atoms with Crippen molar-refractivity contribution in [2.45, 2.75) is 9.65 Å². The zero-order chi connectivity index (χ0) is 16.6. The largest absolute Gasteiger partial charge is 0.196 e. The molecule has 0 radical (unpaired) electrons. The summed E-state index contributed by atoms with van der Waals surface area (Å²) in [6.07, 6.45) is 7.99. The molecule has 0 aromatic heterocycles. The van der Waals surface area contributed by atoms with E-state index in [9.17, 15) is 10.5 Å². The number of rotatable bonds is 1. The molecule has 3 atom stereocenters. The van der Waals surface area contributed by atoms with E-state index < -0.39 is 5.41 Å². The molecule has 114 valence electrons. The van der Waals surface area contributed by atoms with Gasteiger partial charge in [0, 0.05) is 20.0 Å². The van der Waals surface area contributed by atoms with Crippen LogP contribution in [0.4, 0.5) is 0 Å². The number of fused-ring (bicyclic) bond motifs is 1. The van der Waals surface area contributed by atoms with E-state index in [4.69, 9.17) is 0 Å². The molecular weight excluding hydrogens is 484 g/mol. The summed E-state index contributed by atoms with van der Waals surface area (Å²) in [5, 5.41) is 19.9. The van der Waals surface area contributed by atoms with Crippen molar-refractivity contribution in [2.24, 2.45) is 11.3 Å². The molecule has 23 heavy (non-hydrogen) atoms. The van der Waals surface area contributed by atoms with E-state index in [1.165, 1.54) is 0 Å². The first-order valence-corrected chi connectivity index (χ1v) is 9.63. The van der Waals surface area contributed by atoms with E-state index in [1.54, 1.807) is 0 Å². The number of hydrogen-bond donors (Lipinski definition) is 0. The van der Waals surface area contributed by atoms with Crippen LogP contribution in [0.3, 0.4) is 0 Å². The second kappa shape index (κ2) is 6.40. The lowest BCUT2D eigenvalue weighted by atomic mass is 9.71. The van der Waals surface area contributed by atoms with Crippen LogP contribution in [0, 0.1) is 34.0 Å². The Hall–Kier alpha value is -1.14. The fourth-order valence-electron chi connectivity index (χ4n) is 3.15. The predicted octanol–water partition coefficient (Wildman–Crippen LogP) is 5.52. The van der Waals surface area contributed by atoms with Crippen LogP contribution in [0.15, 0.2) is 58.6 Å². The highest BCUT2D eigenvalue weighted by molar-refractivity contribution is 9.12. The van der Waals surface area contributed by atoms with E-state index in [-0.39, 0.29) is 15.6 Å². The third-order valence-electron chi connectivity index (χ3n) is 4.28. The predicted molar refractivity (Wildman–Crippen MR) is 102 cm³/mol. The number of allylic oxidation sites excluding steroid dienone is 6. The molecular formula is C18H11Br3N2. The lowest BCUT2D eigenvalue weighted by Gasteiger charge is -2.30. The molecule has 0 fully saturated rings. The van der Waals surface area contributed by atoms with E-state index in [0.717, 1.165) is 21.2 Å². The summed E-state index contributed by atoms with van der Waals surface area (Å²) in [5.74, 6) is -0.226. The van der Waals surface area contributed by atoms with Crippen LogP contribution in [0.25, 0.3) is 5.57 Å². The smallest absolute Gasteiger partial charge is 0.177 e. The number of nitrogens with zero attached hydrogens (tertiary/aromatic N) is 2. The zero-order valence-corrected chi connectivity index (χ0v) is 16.6. The first-order chi connectivity index (χ1) is 11.0. The van der Waals surface area contributed by atoms with Gasteiger partial charge in [-0.15, -0.1) is 0 Å². The normalized spacial score (nSPS) is 28.0. The van der Waals surface area contributed by atoms with Gasteiger partial charge in [0.15, 0.2) is 5.41 Å². The molecule has 0 heterocycles. The van der Waals surface area contributed by atoms with E-state index >= 15 is 0 Å². The van der Waals surface area contributed by atoms with Crippen molar-refractivity contribution in [1.29, 1.82) is 10.5 Å². The lowest BCUT2D eigenvalue weighted by Crippen LogP contribution is -2.35. The topological polar surface area (TPSA) is 47.6 Å². The quantitative estimate of drug-likeness (QED) is 0.483. The average Bonchev–Trinajstić information content (AvgIpc) is 2.81. The first kappa shape index (κ1) is 16.7. The average molecular weight is 495 g/mol. The Morgan fingerprint density at radius 1 is 1.04 bits per heavy atom. The summed E-state index contributed by atoms with van der Waals surface area (Å²) < 4.78 is 0.967. The Labute approximate surface area is 160 Å². The molecule has 2 nitrogen and oxygen atoms in total. The summed E-state index contributed by atoms with van der Waals surface area (Å²) in [6.45, 7) is 0. The molecule has 0 N–H and O–H groups in total. The Morgan fingerprint density at radius 3 is 2.30 bits per heavy atom. The van der Waals surface area contributed by atoms with Crippen molar-refractivity contribution < 1.29 is 0 Å². The minimum absolute atomic E-state index is 0.0454. The lowest BCUT2D eigenvalue weighted by molar-refractivity contribution is 0.476. The van der Waals surface area contributed by atoms with Gasteiger partial charge in [0.05, 0.1) is 12.1 Å². The number of hydrogen-bond acceptors (Lipinski definition) is 2. The molecule has 0 saturated heterocycles. The summed E-state index contributed by atoms with van der Waals surface area (Å²) in [7, 11) is 0. The SMILES string of the molecule is N#CC1(C#N)C(c2ccc(Br)cc2)=CC2=CC=CC(Br)C(Br)C21. The minimum Gasteiger partial charge on any atom is -0.196 e. The van der Waals surface area contributed by atoms with Crippen LogP contribution >= 0.6 is 47.8 Å². The van der Waals surface area contributed by atoms with E-state index in [0.29, 0.717) is 0 Å². The Bertz CT molecular complexity index is 792. The van der Waals surface area contributed by atoms with Crippen LogP contribution < -0.4 is 0 Å². The van der Waals surface area contributed by atoms with Gasteiger partial charge in [-0.05, 0) is 28.8 Å². The molecule has 0 aliphatic heterocycles. The second-order valence-corrected chi connectivity index (χ2v) is 8.54. The van der Waals surface area contributed by atoms with Crippen LogP contribution in [0.1, 0.15) is 5.56 Å². The van der Waals surface area contributed by atoms with Gasteiger partial charge in [-0.3, -0.25) is 0 Å². The number of alkyl halides is 2. The van der Waals surface area contributed by atoms with Crippen molar-refractivity contribution >= 4 is 53.4 Å². The maximum Gasteiger partial charge on any atom is 0.177 e. The van der Waals surface area contributed by atoms with E-state index in [1.807, 2.05) is 48.6 Å². The van der Waals surface area contributed by atoms with Crippen LogP contribution in [0.5, 0.6) is 0 Å². The van der Waals surface area contributed by atoms with Crippen molar-refractivity contribution in [3.05, 3.63) is 64.2 Å². The van der Waals surface area contributed by atoms with Gasteiger partial charge in [0.1, 0.15) is 0 Å². The van der Waals surface area contributed by atoms with Gasteiger partial charge < -0.3 is 0 Å². The minimum atomic E-state index is -1.20. The number of nitriles is 2. The van der Waals surface area contributed by atoms with Crippen molar-refractivity contribution in [2.75, 3.05) is 0 Å². The van der Waals surface area contributed by atoms with E-state index in [2.05, 4.69) is 59.9 Å². The molecule has 1 aromatic carbocycles. The molecule has 0 saturated carbocycles. The molecule has 2 aliphatic rings. The molecule has 0 bridgehead atoms. The molecule has 3 rings (SSSR count). The Kier molecular flexibility index (Phi) is 4.65. The summed E-state index contributed by atoms with van der Waals surface area (Å²) in [4.78, 5) is 0.0102. The fourth-order valence-corrected chi connectivity index (χ4v) is 4.77. The summed E-state index contributed by atoms with van der Waals surface area (Å²) >= 11 is 10.7. The van der Waals surface area contributed by atoms with Crippen LogP contribution in [0.2, 0.25) is 0 Å². The van der Waals surface area contributed by atoms with Crippen LogP contribution in [-0.2, 0) is 0 Å². The first-order valence-electron chi connectivity index (χ1n) is 7.00. The van der Waals surface area contributed by atoms with Gasteiger partial charge >= 0.3 is 0 Å². The summed E-state index contributed by atoms with van der Waals surface area (Å²) in [5.41, 5.74) is 1.48. The van der Waals surface area contributed by atoms with Gasteiger partial charge in [0.2, 0.25) is 0 Å². The molecule has 0 amide bonds. The van der Waals surface area contributed by atoms with Gasteiger partial charge in [-0.25, -0.2) is 0 Å². The monoisotopic (exact) mass is 492 g/mol. The number of halogens is 3. The van der Waals surface area contributed by atoms with Crippen LogP contribution in [-0.4, -0.2) is 9.65 Å². The van der Waals surface area contributed by atoms with Gasteiger partial charge in [-0.2, -0.15) is 10.5 Å². The highest BCUT2D eigenvalue weighted by atomic mass is 79.9.